The summed E-state index contributed by atoms with van der Waals surface area (Å²) >= 11 is 0. The van der Waals surface area contributed by atoms with Crippen molar-refractivity contribution in [3.8, 4) is 0 Å². The largest absolute Gasteiger partial charge is 0.481 e. The Hall–Kier alpha value is -1.77. The number of H-pyrrole nitrogens is 1. The summed E-state index contributed by atoms with van der Waals surface area (Å²) < 4.78 is 0. The Kier molecular flexibility index (Phi) is 2.69. The fourth-order valence-corrected chi connectivity index (χ4v) is 2.14. The molecule has 0 unspecified atom stereocenters. The molecular formula is C13H15NO2. The maximum atomic E-state index is 10.8. The van der Waals surface area contributed by atoms with Crippen LogP contribution in [0.3, 0.4) is 0 Å². The molecule has 16 heavy (non-hydrogen) atoms. The van der Waals surface area contributed by atoms with Crippen molar-refractivity contribution in [1.29, 1.82) is 0 Å². The van der Waals surface area contributed by atoms with Crippen molar-refractivity contribution in [3.05, 3.63) is 35.0 Å². The summed E-state index contributed by atoms with van der Waals surface area (Å²) in [5.74, 6) is -0.786. The molecular weight excluding hydrogens is 202 g/mol. The molecule has 3 nitrogen and oxygen atoms in total. The van der Waals surface area contributed by atoms with Crippen LogP contribution in [0.2, 0.25) is 0 Å². The number of aryl methyl sites for hydroxylation is 2. The monoisotopic (exact) mass is 217 g/mol. The number of carboxylic acid groups (broad SMARTS) is 1. The number of hydrogen-bond acceptors (Lipinski definition) is 1. The molecule has 1 heterocycles. The second-order valence-electron chi connectivity index (χ2n) is 3.99. The van der Waals surface area contributed by atoms with Gasteiger partial charge in [-0.05, 0) is 24.5 Å². The lowest BCUT2D eigenvalue weighted by Crippen LogP contribution is -2.00. The molecule has 2 aromatic rings. The molecule has 3 heteroatoms. The van der Waals surface area contributed by atoms with E-state index in [4.69, 9.17) is 5.11 Å². The molecule has 0 fully saturated rings. The number of rotatable bonds is 3. The highest BCUT2D eigenvalue weighted by Gasteiger charge is 2.12. The zero-order valence-electron chi connectivity index (χ0n) is 9.50. The van der Waals surface area contributed by atoms with Crippen LogP contribution < -0.4 is 0 Å². The van der Waals surface area contributed by atoms with Gasteiger partial charge in [0.05, 0.1) is 6.42 Å². The molecule has 84 valence electrons. The second-order valence-corrected chi connectivity index (χ2v) is 3.99. The number of fused-ring (bicyclic) bond motifs is 1. The first-order chi connectivity index (χ1) is 7.63. The van der Waals surface area contributed by atoms with Gasteiger partial charge in [0.1, 0.15) is 0 Å². The Morgan fingerprint density at radius 3 is 2.81 bits per heavy atom. The van der Waals surface area contributed by atoms with Crippen molar-refractivity contribution in [2.24, 2.45) is 0 Å². The third-order valence-corrected chi connectivity index (χ3v) is 2.95. The van der Waals surface area contributed by atoms with Gasteiger partial charge in [-0.1, -0.05) is 25.1 Å². The lowest BCUT2D eigenvalue weighted by atomic mass is 10.0. The first-order valence-corrected chi connectivity index (χ1v) is 5.44. The van der Waals surface area contributed by atoms with E-state index in [1.54, 1.807) is 0 Å². The van der Waals surface area contributed by atoms with E-state index in [2.05, 4.69) is 18.0 Å². The third kappa shape index (κ3) is 1.69. The Balaban J connectivity index is 2.66. The summed E-state index contributed by atoms with van der Waals surface area (Å²) in [5.41, 5.74) is 4.17. The minimum Gasteiger partial charge on any atom is -0.481 e. The van der Waals surface area contributed by atoms with Crippen molar-refractivity contribution in [2.45, 2.75) is 26.7 Å². The number of nitrogens with one attached hydrogen (secondary N) is 1. The molecule has 0 saturated heterocycles. The first-order valence-electron chi connectivity index (χ1n) is 5.44. The predicted molar refractivity (Wildman–Crippen MR) is 63.8 cm³/mol. The molecule has 0 atom stereocenters. The molecule has 0 aliphatic carbocycles. The molecule has 0 aliphatic rings. The third-order valence-electron chi connectivity index (χ3n) is 2.95. The predicted octanol–water partition coefficient (Wildman–Crippen LogP) is 2.67. The van der Waals surface area contributed by atoms with E-state index < -0.39 is 5.97 Å². The second kappa shape index (κ2) is 4.00. The maximum absolute atomic E-state index is 10.8. The molecule has 1 aromatic heterocycles. The number of carbonyl (C=O) groups is 1. The Morgan fingerprint density at radius 1 is 1.44 bits per heavy atom. The Morgan fingerprint density at radius 2 is 2.19 bits per heavy atom. The fourth-order valence-electron chi connectivity index (χ4n) is 2.14. The van der Waals surface area contributed by atoms with Crippen LogP contribution in [-0.4, -0.2) is 16.1 Å². The van der Waals surface area contributed by atoms with Crippen LogP contribution in [0.4, 0.5) is 0 Å². The number of carboxylic acids is 1. The smallest absolute Gasteiger partial charge is 0.307 e. The number of aliphatic carboxylic acids is 1. The zero-order valence-corrected chi connectivity index (χ0v) is 9.50. The highest BCUT2D eigenvalue weighted by Crippen LogP contribution is 2.25. The first kappa shape index (κ1) is 10.7. The van der Waals surface area contributed by atoms with Crippen molar-refractivity contribution in [1.82, 2.24) is 4.98 Å². The van der Waals surface area contributed by atoms with E-state index >= 15 is 0 Å². The van der Waals surface area contributed by atoms with Crippen molar-refractivity contribution in [2.75, 3.05) is 0 Å². The highest BCUT2D eigenvalue weighted by molar-refractivity contribution is 5.90. The highest BCUT2D eigenvalue weighted by atomic mass is 16.4. The zero-order chi connectivity index (χ0) is 11.7. The maximum Gasteiger partial charge on any atom is 0.307 e. The van der Waals surface area contributed by atoms with Crippen molar-refractivity contribution < 1.29 is 9.90 Å². The van der Waals surface area contributed by atoms with Gasteiger partial charge in [0, 0.05) is 16.6 Å². The van der Waals surface area contributed by atoms with E-state index in [-0.39, 0.29) is 6.42 Å². The molecule has 0 bridgehead atoms. The van der Waals surface area contributed by atoms with Crippen molar-refractivity contribution >= 4 is 16.9 Å². The van der Waals surface area contributed by atoms with Crippen LogP contribution in [0.15, 0.2) is 18.2 Å². The van der Waals surface area contributed by atoms with Gasteiger partial charge >= 0.3 is 5.97 Å². The molecule has 0 amide bonds. The molecule has 0 radical (unpaired) electrons. The van der Waals surface area contributed by atoms with Gasteiger partial charge in [-0.3, -0.25) is 4.79 Å². The standard InChI is InChI=1S/C13H15NO2/c1-3-9-5-4-6-10-11(7-12(15)16)8(2)14-13(9)10/h4-6,14H,3,7H2,1-2H3,(H,15,16). The summed E-state index contributed by atoms with van der Waals surface area (Å²) in [7, 11) is 0. The molecule has 0 saturated carbocycles. The summed E-state index contributed by atoms with van der Waals surface area (Å²) in [6, 6.07) is 6.04. The van der Waals surface area contributed by atoms with Gasteiger partial charge in [0.2, 0.25) is 0 Å². The molecule has 2 N–H and O–H groups in total. The molecule has 1 aromatic carbocycles. The molecule has 0 spiro atoms. The van der Waals surface area contributed by atoms with E-state index in [0.717, 1.165) is 28.6 Å². The number of hydrogen-bond donors (Lipinski definition) is 2. The number of para-hydroxylation sites is 1. The van der Waals surface area contributed by atoms with Crippen LogP contribution in [0.5, 0.6) is 0 Å². The summed E-state index contributed by atoms with van der Waals surface area (Å²) in [4.78, 5) is 14.1. The SMILES string of the molecule is CCc1cccc2c(CC(=O)O)c(C)[nH]c12. The normalized spacial score (nSPS) is 10.9. The summed E-state index contributed by atoms with van der Waals surface area (Å²) in [6.45, 7) is 4.03. The fraction of sp³-hybridized carbons (Fsp3) is 0.308. The van der Waals surface area contributed by atoms with Gasteiger partial charge in [-0.25, -0.2) is 0 Å². The lowest BCUT2D eigenvalue weighted by Gasteiger charge is -1.99. The minimum absolute atomic E-state index is 0.0823. The minimum atomic E-state index is -0.786. The van der Waals surface area contributed by atoms with Crippen LogP contribution in [-0.2, 0) is 17.6 Å². The van der Waals surface area contributed by atoms with E-state index in [1.807, 2.05) is 19.1 Å². The average molecular weight is 217 g/mol. The average Bonchev–Trinajstić information content (AvgIpc) is 2.55. The van der Waals surface area contributed by atoms with Crippen LogP contribution in [0.1, 0.15) is 23.7 Å². The Bertz CT molecular complexity index is 540. The number of benzene rings is 1. The van der Waals surface area contributed by atoms with Gasteiger partial charge in [0.15, 0.2) is 0 Å². The van der Waals surface area contributed by atoms with Crippen LogP contribution in [0.25, 0.3) is 10.9 Å². The van der Waals surface area contributed by atoms with E-state index in [0.29, 0.717) is 0 Å². The van der Waals surface area contributed by atoms with Crippen molar-refractivity contribution in [3.63, 3.8) is 0 Å². The van der Waals surface area contributed by atoms with Gasteiger partial charge in [-0.15, -0.1) is 0 Å². The van der Waals surface area contributed by atoms with Crippen LogP contribution in [0, 0.1) is 6.92 Å². The topological polar surface area (TPSA) is 53.1 Å². The van der Waals surface area contributed by atoms with Gasteiger partial charge in [0.25, 0.3) is 0 Å². The lowest BCUT2D eigenvalue weighted by molar-refractivity contribution is -0.136. The number of aromatic nitrogens is 1. The molecule has 0 aliphatic heterocycles. The van der Waals surface area contributed by atoms with E-state index in [1.165, 1.54) is 5.56 Å². The van der Waals surface area contributed by atoms with E-state index in [9.17, 15) is 4.79 Å². The van der Waals surface area contributed by atoms with Gasteiger partial charge < -0.3 is 10.1 Å². The Labute approximate surface area is 94.1 Å². The summed E-state index contributed by atoms with van der Waals surface area (Å²) in [6.07, 6.45) is 1.03. The summed E-state index contributed by atoms with van der Waals surface area (Å²) in [5, 5.41) is 9.92. The van der Waals surface area contributed by atoms with Gasteiger partial charge in [-0.2, -0.15) is 0 Å². The quantitative estimate of drug-likeness (QED) is 0.830. The molecule has 2 rings (SSSR count). The number of aromatic amines is 1. The van der Waals surface area contributed by atoms with Crippen LogP contribution >= 0.6 is 0 Å².